The van der Waals surface area contributed by atoms with Gasteiger partial charge in [-0.25, -0.2) is 0 Å². The number of carboxylic acids is 1. The summed E-state index contributed by atoms with van der Waals surface area (Å²) in [5.41, 5.74) is 5.01. The third kappa shape index (κ3) is 4.81. The van der Waals surface area contributed by atoms with E-state index in [1.165, 1.54) is 0 Å². The summed E-state index contributed by atoms with van der Waals surface area (Å²) < 4.78 is 0. The van der Waals surface area contributed by atoms with Gasteiger partial charge < -0.3 is 16.2 Å². The average Bonchev–Trinajstić information content (AvgIpc) is 2.00. The molecule has 0 saturated heterocycles. The van der Waals surface area contributed by atoms with E-state index in [1.807, 2.05) is 0 Å². The molecular formula is C9H18N2O3. The Labute approximate surface area is 83.7 Å². The molecule has 0 aromatic carbocycles. The molecule has 0 saturated carbocycles. The van der Waals surface area contributed by atoms with Crippen molar-refractivity contribution in [1.29, 1.82) is 0 Å². The van der Waals surface area contributed by atoms with Crippen molar-refractivity contribution < 1.29 is 14.7 Å². The Balaban J connectivity index is 3.98. The first-order valence-electron chi connectivity index (χ1n) is 4.61. The van der Waals surface area contributed by atoms with Crippen molar-refractivity contribution in [3.8, 4) is 0 Å². The van der Waals surface area contributed by atoms with E-state index in [9.17, 15) is 9.59 Å². The maximum Gasteiger partial charge on any atom is 0.307 e. The van der Waals surface area contributed by atoms with Gasteiger partial charge in [0.2, 0.25) is 5.91 Å². The summed E-state index contributed by atoms with van der Waals surface area (Å²) in [6.45, 7) is 5.20. The molecule has 3 atom stereocenters. The molecular weight excluding hydrogens is 184 g/mol. The molecule has 82 valence electrons. The number of carboxylic acid groups (broad SMARTS) is 1. The minimum Gasteiger partial charge on any atom is -0.481 e. The van der Waals surface area contributed by atoms with Crippen molar-refractivity contribution in [2.45, 2.75) is 39.3 Å². The van der Waals surface area contributed by atoms with Crippen LogP contribution in [0.3, 0.4) is 0 Å². The minimum absolute atomic E-state index is 0.0932. The van der Waals surface area contributed by atoms with Gasteiger partial charge in [0, 0.05) is 18.5 Å². The maximum absolute atomic E-state index is 10.6. The van der Waals surface area contributed by atoms with Gasteiger partial charge in [0.1, 0.15) is 0 Å². The number of aliphatic carboxylic acids is 1. The van der Waals surface area contributed by atoms with Gasteiger partial charge in [-0.15, -0.1) is 0 Å². The Kier molecular flexibility index (Phi) is 5.15. The van der Waals surface area contributed by atoms with Crippen LogP contribution in [-0.2, 0) is 9.59 Å². The number of primary amides is 1. The summed E-state index contributed by atoms with van der Waals surface area (Å²) in [6, 6.07) is -0.272. The maximum atomic E-state index is 10.6. The molecule has 0 heterocycles. The van der Waals surface area contributed by atoms with Gasteiger partial charge in [-0.2, -0.15) is 0 Å². The number of hydrogen-bond acceptors (Lipinski definition) is 3. The first-order chi connectivity index (χ1) is 6.34. The molecule has 5 nitrogen and oxygen atoms in total. The Morgan fingerprint density at radius 2 is 1.86 bits per heavy atom. The highest BCUT2D eigenvalue weighted by molar-refractivity contribution is 5.74. The molecule has 3 unspecified atom stereocenters. The Morgan fingerprint density at radius 3 is 2.21 bits per heavy atom. The van der Waals surface area contributed by atoms with Crippen LogP contribution in [0.15, 0.2) is 0 Å². The number of nitrogens with one attached hydrogen (secondary N) is 1. The smallest absolute Gasteiger partial charge is 0.307 e. The molecule has 0 radical (unpaired) electrons. The Hall–Kier alpha value is -1.10. The normalized spacial score (nSPS) is 17.1. The van der Waals surface area contributed by atoms with Crippen molar-refractivity contribution in [2.75, 3.05) is 0 Å². The quantitative estimate of drug-likeness (QED) is 0.563. The summed E-state index contributed by atoms with van der Waals surface area (Å²) in [6.07, 6.45) is 0.219. The molecule has 0 aliphatic rings. The fourth-order valence-electron chi connectivity index (χ4n) is 1.17. The third-order valence-corrected chi connectivity index (χ3v) is 2.19. The van der Waals surface area contributed by atoms with Crippen molar-refractivity contribution >= 4 is 11.9 Å². The van der Waals surface area contributed by atoms with Gasteiger partial charge in [0.25, 0.3) is 0 Å². The molecule has 0 rings (SSSR count). The minimum atomic E-state index is -0.851. The molecule has 0 bridgehead atoms. The fourth-order valence-corrected chi connectivity index (χ4v) is 1.17. The number of rotatable bonds is 6. The van der Waals surface area contributed by atoms with E-state index >= 15 is 0 Å². The SMILES string of the molecule is CC(CC(N)=O)NC(C)C(C)C(=O)O. The molecule has 0 fully saturated rings. The van der Waals surface area contributed by atoms with Crippen LogP contribution in [0.2, 0.25) is 0 Å². The largest absolute Gasteiger partial charge is 0.481 e. The lowest BCUT2D eigenvalue weighted by molar-refractivity contribution is -0.141. The van der Waals surface area contributed by atoms with E-state index in [-0.39, 0.29) is 24.4 Å². The predicted molar refractivity (Wildman–Crippen MR) is 52.7 cm³/mol. The van der Waals surface area contributed by atoms with Crippen molar-refractivity contribution in [1.82, 2.24) is 5.32 Å². The molecule has 14 heavy (non-hydrogen) atoms. The number of carbonyl (C=O) groups is 2. The average molecular weight is 202 g/mol. The van der Waals surface area contributed by atoms with Gasteiger partial charge in [-0.1, -0.05) is 6.92 Å². The molecule has 0 aliphatic carbocycles. The zero-order valence-electron chi connectivity index (χ0n) is 8.78. The van der Waals surface area contributed by atoms with Gasteiger partial charge >= 0.3 is 5.97 Å². The van der Waals surface area contributed by atoms with Crippen LogP contribution in [0.5, 0.6) is 0 Å². The summed E-state index contributed by atoms with van der Waals surface area (Å²) >= 11 is 0. The fraction of sp³-hybridized carbons (Fsp3) is 0.778. The number of carbonyl (C=O) groups excluding carboxylic acids is 1. The highest BCUT2D eigenvalue weighted by Crippen LogP contribution is 2.04. The zero-order valence-corrected chi connectivity index (χ0v) is 8.78. The predicted octanol–water partition coefficient (Wildman–Crippen LogP) is -0.0509. The van der Waals surface area contributed by atoms with Crippen LogP contribution in [0, 0.1) is 5.92 Å². The van der Waals surface area contributed by atoms with Crippen molar-refractivity contribution in [2.24, 2.45) is 11.7 Å². The summed E-state index contributed by atoms with van der Waals surface area (Å²) in [5, 5.41) is 11.7. The van der Waals surface area contributed by atoms with Crippen LogP contribution in [0.25, 0.3) is 0 Å². The van der Waals surface area contributed by atoms with Gasteiger partial charge in [-0.05, 0) is 13.8 Å². The summed E-state index contributed by atoms with van der Waals surface area (Å²) in [4.78, 5) is 21.2. The Morgan fingerprint density at radius 1 is 1.36 bits per heavy atom. The van der Waals surface area contributed by atoms with Crippen molar-refractivity contribution in [3.63, 3.8) is 0 Å². The topological polar surface area (TPSA) is 92.4 Å². The second-order valence-corrected chi connectivity index (χ2v) is 3.65. The lowest BCUT2D eigenvalue weighted by Gasteiger charge is -2.21. The lowest BCUT2D eigenvalue weighted by Crippen LogP contribution is -2.42. The number of nitrogens with two attached hydrogens (primary N) is 1. The third-order valence-electron chi connectivity index (χ3n) is 2.19. The number of amides is 1. The van der Waals surface area contributed by atoms with E-state index < -0.39 is 11.9 Å². The van der Waals surface area contributed by atoms with E-state index in [1.54, 1.807) is 20.8 Å². The van der Waals surface area contributed by atoms with E-state index in [4.69, 9.17) is 10.8 Å². The van der Waals surface area contributed by atoms with Crippen LogP contribution in [0.1, 0.15) is 27.2 Å². The summed E-state index contributed by atoms with van der Waals surface area (Å²) in [5.74, 6) is -1.72. The number of hydrogen-bond donors (Lipinski definition) is 3. The molecule has 0 aromatic heterocycles. The van der Waals surface area contributed by atoms with Crippen LogP contribution in [-0.4, -0.2) is 29.1 Å². The van der Waals surface area contributed by atoms with Gasteiger partial charge in [0.05, 0.1) is 5.92 Å². The lowest BCUT2D eigenvalue weighted by atomic mass is 10.0. The standard InChI is InChI=1S/C9H18N2O3/c1-5(4-8(10)12)11-7(3)6(2)9(13)14/h5-7,11H,4H2,1-3H3,(H2,10,12)(H,13,14). The first-order valence-corrected chi connectivity index (χ1v) is 4.61. The second kappa shape index (κ2) is 5.59. The molecule has 1 amide bonds. The highest BCUT2D eigenvalue weighted by atomic mass is 16.4. The molecule has 5 heteroatoms. The Bertz CT molecular complexity index is 218. The van der Waals surface area contributed by atoms with E-state index in [2.05, 4.69) is 5.32 Å². The van der Waals surface area contributed by atoms with Crippen molar-refractivity contribution in [3.05, 3.63) is 0 Å². The molecule has 0 aromatic rings. The van der Waals surface area contributed by atoms with E-state index in [0.29, 0.717) is 0 Å². The monoisotopic (exact) mass is 202 g/mol. The first kappa shape index (κ1) is 12.9. The van der Waals surface area contributed by atoms with Crippen LogP contribution in [0.4, 0.5) is 0 Å². The highest BCUT2D eigenvalue weighted by Gasteiger charge is 2.20. The second-order valence-electron chi connectivity index (χ2n) is 3.65. The zero-order chi connectivity index (χ0) is 11.3. The van der Waals surface area contributed by atoms with Crippen LogP contribution >= 0.6 is 0 Å². The molecule has 0 aliphatic heterocycles. The summed E-state index contributed by atoms with van der Waals surface area (Å²) in [7, 11) is 0. The molecule has 4 N–H and O–H groups in total. The van der Waals surface area contributed by atoms with Crippen LogP contribution < -0.4 is 11.1 Å². The van der Waals surface area contributed by atoms with E-state index in [0.717, 1.165) is 0 Å². The van der Waals surface area contributed by atoms with Gasteiger partial charge in [-0.3, -0.25) is 9.59 Å². The van der Waals surface area contributed by atoms with Gasteiger partial charge in [0.15, 0.2) is 0 Å². The molecule has 0 spiro atoms.